The van der Waals surface area contributed by atoms with E-state index in [1.165, 1.54) is 6.20 Å². The van der Waals surface area contributed by atoms with Crippen LogP contribution >= 0.6 is 0 Å². The van der Waals surface area contributed by atoms with Gasteiger partial charge in [0.15, 0.2) is 0 Å². The van der Waals surface area contributed by atoms with Gasteiger partial charge < -0.3 is 5.11 Å². The number of aromatic nitrogens is 2. The smallest absolute Gasteiger partial charge is 0.416 e. The molecule has 0 aliphatic heterocycles. The van der Waals surface area contributed by atoms with Crippen molar-refractivity contribution in [3.8, 4) is 0 Å². The highest BCUT2D eigenvalue weighted by atomic mass is 32.2. The van der Waals surface area contributed by atoms with Crippen molar-refractivity contribution in [3.05, 3.63) is 46.8 Å². The van der Waals surface area contributed by atoms with Gasteiger partial charge in [0, 0.05) is 11.3 Å². The van der Waals surface area contributed by atoms with Gasteiger partial charge in [-0.3, -0.25) is 9.48 Å². The fourth-order valence-electron chi connectivity index (χ4n) is 3.34. The van der Waals surface area contributed by atoms with Gasteiger partial charge in [-0.05, 0) is 37.5 Å². The molecular formula is C17H15F6N3O4S. The number of nitrogens with zero attached hydrogens (tertiary/aromatic N) is 2. The van der Waals surface area contributed by atoms with Crippen LogP contribution in [0.2, 0.25) is 0 Å². The van der Waals surface area contributed by atoms with Crippen molar-refractivity contribution in [2.24, 2.45) is 0 Å². The Morgan fingerprint density at radius 3 is 2.23 bits per heavy atom. The molecule has 170 valence electrons. The Hall–Kier alpha value is -2.61. The lowest BCUT2D eigenvalue weighted by Gasteiger charge is -2.24. The topological polar surface area (TPSA) is 101 Å². The van der Waals surface area contributed by atoms with Gasteiger partial charge in [-0.2, -0.15) is 31.4 Å². The highest BCUT2D eigenvalue weighted by molar-refractivity contribution is 7.89. The summed E-state index contributed by atoms with van der Waals surface area (Å²) in [6.07, 6.45) is -8.15. The van der Waals surface area contributed by atoms with Crippen LogP contribution in [-0.4, -0.2) is 29.3 Å². The highest BCUT2D eigenvalue weighted by Gasteiger charge is 2.39. The van der Waals surface area contributed by atoms with Crippen molar-refractivity contribution in [1.82, 2.24) is 14.5 Å². The van der Waals surface area contributed by atoms with Crippen LogP contribution in [0.4, 0.5) is 26.3 Å². The quantitative estimate of drug-likeness (QED) is 0.652. The minimum Gasteiger partial charge on any atom is -0.480 e. The van der Waals surface area contributed by atoms with Gasteiger partial charge in [0.1, 0.15) is 6.54 Å². The van der Waals surface area contributed by atoms with E-state index in [2.05, 4.69) is 9.82 Å². The summed E-state index contributed by atoms with van der Waals surface area (Å²) in [7, 11) is -4.79. The van der Waals surface area contributed by atoms with Crippen molar-refractivity contribution in [3.63, 3.8) is 0 Å². The largest absolute Gasteiger partial charge is 0.480 e. The summed E-state index contributed by atoms with van der Waals surface area (Å²) in [5.41, 5.74) is -2.75. The zero-order chi connectivity index (χ0) is 23.2. The molecular weight excluding hydrogens is 456 g/mol. The lowest BCUT2D eigenvalue weighted by Crippen LogP contribution is -2.31. The maximum absolute atomic E-state index is 13.0. The summed E-state index contributed by atoms with van der Waals surface area (Å²) in [6, 6.07) is -0.877. The normalized spacial score (nSPS) is 17.4. The molecule has 1 aromatic carbocycles. The first kappa shape index (κ1) is 23.1. The van der Waals surface area contributed by atoms with Gasteiger partial charge in [-0.25, -0.2) is 13.1 Å². The van der Waals surface area contributed by atoms with Crippen LogP contribution < -0.4 is 4.72 Å². The molecule has 1 atom stereocenters. The van der Waals surface area contributed by atoms with Gasteiger partial charge in [-0.1, -0.05) is 0 Å². The summed E-state index contributed by atoms with van der Waals surface area (Å²) in [5, 5.41) is 12.8. The number of hydrogen-bond donors (Lipinski definition) is 2. The molecule has 2 aromatic rings. The first-order chi connectivity index (χ1) is 14.2. The monoisotopic (exact) mass is 471 g/mol. The molecule has 0 fully saturated rings. The number of hydrogen-bond acceptors (Lipinski definition) is 4. The van der Waals surface area contributed by atoms with Crippen LogP contribution in [0.5, 0.6) is 0 Å². The average Bonchev–Trinajstić information content (AvgIpc) is 3.03. The Balaban J connectivity index is 1.99. The SMILES string of the molecule is O=C(O)Cn1ncc2c1CCC[C@H]2NS(=O)(=O)c1cc(C(F)(F)F)cc(C(F)(F)F)c1. The number of sulfonamides is 1. The predicted molar refractivity (Wildman–Crippen MR) is 92.3 cm³/mol. The van der Waals surface area contributed by atoms with E-state index >= 15 is 0 Å². The Kier molecular flexibility index (Phi) is 5.82. The summed E-state index contributed by atoms with van der Waals surface area (Å²) >= 11 is 0. The van der Waals surface area contributed by atoms with Gasteiger partial charge in [0.2, 0.25) is 10.0 Å². The van der Waals surface area contributed by atoms with Crippen molar-refractivity contribution >= 4 is 16.0 Å². The number of nitrogens with one attached hydrogen (secondary N) is 1. The Labute approximate surface area is 171 Å². The predicted octanol–water partition coefficient (Wildman–Crippen LogP) is 3.36. The van der Waals surface area contributed by atoms with E-state index in [1.54, 1.807) is 0 Å². The van der Waals surface area contributed by atoms with E-state index in [9.17, 15) is 39.6 Å². The van der Waals surface area contributed by atoms with Gasteiger partial charge in [0.05, 0.1) is 28.3 Å². The molecule has 14 heteroatoms. The molecule has 0 saturated heterocycles. The third-order valence-electron chi connectivity index (χ3n) is 4.72. The minimum atomic E-state index is -5.19. The lowest BCUT2D eigenvalue weighted by molar-refractivity contribution is -0.143. The molecule has 7 nitrogen and oxygen atoms in total. The number of carboxylic acid groups (broad SMARTS) is 1. The number of benzene rings is 1. The molecule has 0 amide bonds. The number of aliphatic carboxylic acids is 1. The summed E-state index contributed by atoms with van der Waals surface area (Å²) in [6.45, 7) is -0.475. The molecule has 1 aliphatic rings. The number of halogens is 6. The van der Waals surface area contributed by atoms with E-state index in [-0.39, 0.29) is 24.6 Å². The van der Waals surface area contributed by atoms with E-state index in [0.717, 1.165) is 4.68 Å². The van der Waals surface area contributed by atoms with E-state index in [4.69, 9.17) is 5.11 Å². The molecule has 0 bridgehead atoms. The third-order valence-corrected chi connectivity index (χ3v) is 6.17. The zero-order valence-electron chi connectivity index (χ0n) is 15.5. The highest BCUT2D eigenvalue weighted by Crippen LogP contribution is 2.38. The van der Waals surface area contributed by atoms with Crippen LogP contribution in [0.15, 0.2) is 29.3 Å². The molecule has 1 aliphatic carbocycles. The number of fused-ring (bicyclic) bond motifs is 1. The summed E-state index contributed by atoms with van der Waals surface area (Å²) < 4.78 is 107. The van der Waals surface area contributed by atoms with E-state index in [1.807, 2.05) is 0 Å². The average molecular weight is 471 g/mol. The number of rotatable bonds is 5. The minimum absolute atomic E-state index is 0.134. The molecule has 0 radical (unpaired) electrons. The number of carbonyl (C=O) groups is 1. The van der Waals surface area contributed by atoms with Gasteiger partial charge in [0.25, 0.3) is 0 Å². The van der Waals surface area contributed by atoms with E-state index in [0.29, 0.717) is 24.1 Å². The van der Waals surface area contributed by atoms with Crippen molar-refractivity contribution in [2.75, 3.05) is 0 Å². The zero-order valence-corrected chi connectivity index (χ0v) is 16.3. The second kappa shape index (κ2) is 7.82. The molecule has 1 aromatic heterocycles. The van der Waals surface area contributed by atoms with Crippen molar-refractivity contribution in [2.45, 2.75) is 49.1 Å². The molecule has 2 N–H and O–H groups in total. The van der Waals surface area contributed by atoms with Crippen LogP contribution in [-0.2, 0) is 40.1 Å². The fraction of sp³-hybridized carbons (Fsp3) is 0.412. The lowest BCUT2D eigenvalue weighted by atomic mass is 9.94. The molecule has 31 heavy (non-hydrogen) atoms. The molecule has 1 heterocycles. The molecule has 0 unspecified atom stereocenters. The maximum Gasteiger partial charge on any atom is 0.416 e. The van der Waals surface area contributed by atoms with Crippen LogP contribution in [0.3, 0.4) is 0 Å². The third kappa shape index (κ3) is 5.01. The maximum atomic E-state index is 13.0. The number of carboxylic acids is 1. The molecule has 3 rings (SSSR count). The number of alkyl halides is 6. The Morgan fingerprint density at radius 1 is 1.13 bits per heavy atom. The standard InChI is InChI=1S/C17H15F6N3O4S/c18-16(19,20)9-4-10(17(21,22)23)6-11(5-9)31(29,30)25-13-2-1-3-14-12(13)7-24-26(14)8-15(27)28/h4-7,13,25H,1-3,8H2,(H,27,28)/t13-/m1/s1. The van der Waals surface area contributed by atoms with Crippen LogP contribution in [0, 0.1) is 0 Å². The fourth-order valence-corrected chi connectivity index (χ4v) is 4.66. The second-order valence-electron chi connectivity index (χ2n) is 6.91. The van der Waals surface area contributed by atoms with Crippen molar-refractivity contribution in [1.29, 1.82) is 0 Å². The second-order valence-corrected chi connectivity index (χ2v) is 8.62. The summed E-state index contributed by atoms with van der Waals surface area (Å²) in [4.78, 5) is 9.74. The van der Waals surface area contributed by atoms with Gasteiger partial charge >= 0.3 is 18.3 Å². The first-order valence-corrected chi connectivity index (χ1v) is 10.2. The van der Waals surface area contributed by atoms with Crippen LogP contribution in [0.25, 0.3) is 0 Å². The Bertz CT molecular complexity index is 1080. The first-order valence-electron chi connectivity index (χ1n) is 8.76. The van der Waals surface area contributed by atoms with Crippen LogP contribution in [0.1, 0.15) is 41.3 Å². The van der Waals surface area contributed by atoms with Crippen molar-refractivity contribution < 1.29 is 44.7 Å². The Morgan fingerprint density at radius 2 is 1.71 bits per heavy atom. The molecule has 0 saturated carbocycles. The van der Waals surface area contributed by atoms with Gasteiger partial charge in [-0.15, -0.1) is 0 Å². The summed E-state index contributed by atoms with van der Waals surface area (Å²) in [5.74, 6) is -1.18. The molecule has 0 spiro atoms. The van der Waals surface area contributed by atoms with E-state index < -0.39 is 57.0 Å².